The molecule has 2 rings (SSSR count). The molecule has 1 aromatic heterocycles. The predicted octanol–water partition coefficient (Wildman–Crippen LogP) is 3.30. The molecule has 1 N–H and O–H groups in total. The van der Waals surface area contributed by atoms with Gasteiger partial charge in [-0.25, -0.2) is 9.97 Å². The highest BCUT2D eigenvalue weighted by molar-refractivity contribution is 7.98. The third-order valence-electron chi connectivity index (χ3n) is 2.59. The van der Waals surface area contributed by atoms with Crippen molar-refractivity contribution in [3.63, 3.8) is 0 Å². The number of nitrogens with zero attached hydrogens (tertiary/aromatic N) is 2. The van der Waals surface area contributed by atoms with Crippen LogP contribution in [0.2, 0.25) is 0 Å². The first-order valence-corrected chi connectivity index (χ1v) is 6.87. The molecule has 20 heavy (non-hydrogen) atoms. The van der Waals surface area contributed by atoms with Crippen molar-refractivity contribution in [3.05, 3.63) is 53.3 Å². The minimum absolute atomic E-state index is 0.0233. The summed E-state index contributed by atoms with van der Waals surface area (Å²) >= 11 is 0.993. The van der Waals surface area contributed by atoms with Gasteiger partial charge in [0.1, 0.15) is 11.8 Å². The van der Waals surface area contributed by atoms with Crippen molar-refractivity contribution in [2.45, 2.75) is 17.4 Å². The van der Waals surface area contributed by atoms with Crippen molar-refractivity contribution < 1.29 is 18.3 Å². The van der Waals surface area contributed by atoms with Gasteiger partial charge in [-0.15, -0.1) is 0 Å². The van der Waals surface area contributed by atoms with E-state index in [0.717, 1.165) is 17.8 Å². The van der Waals surface area contributed by atoms with Crippen molar-refractivity contribution in [2.75, 3.05) is 6.26 Å². The van der Waals surface area contributed by atoms with Crippen LogP contribution in [0.5, 0.6) is 0 Å². The summed E-state index contributed by atoms with van der Waals surface area (Å²) < 4.78 is 38.3. The van der Waals surface area contributed by atoms with Crippen molar-refractivity contribution in [3.8, 4) is 0 Å². The normalized spacial score (nSPS) is 13.2. The van der Waals surface area contributed by atoms with Gasteiger partial charge in [-0.3, -0.25) is 0 Å². The number of benzene rings is 1. The molecule has 1 aromatic carbocycles. The van der Waals surface area contributed by atoms with Gasteiger partial charge in [0.2, 0.25) is 0 Å². The maximum atomic E-state index is 12.8. The third kappa shape index (κ3) is 3.29. The molecule has 0 aliphatic heterocycles. The number of hydrogen-bond acceptors (Lipinski definition) is 4. The topological polar surface area (TPSA) is 46.0 Å². The summed E-state index contributed by atoms with van der Waals surface area (Å²) in [7, 11) is 0. The van der Waals surface area contributed by atoms with Crippen LogP contribution >= 0.6 is 11.8 Å². The van der Waals surface area contributed by atoms with E-state index in [2.05, 4.69) is 9.97 Å². The zero-order valence-corrected chi connectivity index (χ0v) is 11.2. The lowest BCUT2D eigenvalue weighted by molar-refractivity contribution is -0.141. The van der Waals surface area contributed by atoms with Gasteiger partial charge in [0.05, 0.1) is 5.69 Å². The second kappa shape index (κ2) is 5.80. The molecule has 0 saturated carbocycles. The lowest BCUT2D eigenvalue weighted by atomic mass is 10.1. The molecule has 2 aromatic rings. The van der Waals surface area contributed by atoms with E-state index in [1.165, 1.54) is 0 Å². The molecule has 1 heterocycles. The highest BCUT2D eigenvalue weighted by atomic mass is 32.2. The van der Waals surface area contributed by atoms with Gasteiger partial charge in [0.25, 0.3) is 0 Å². The van der Waals surface area contributed by atoms with Gasteiger partial charge in [-0.05, 0) is 17.9 Å². The molecule has 0 spiro atoms. The highest BCUT2D eigenvalue weighted by Gasteiger charge is 2.34. The molecular weight excluding hydrogens is 289 g/mol. The SMILES string of the molecule is CSc1nc(C(O)c2ccccc2)cc(C(F)(F)F)n1. The molecule has 0 bridgehead atoms. The summed E-state index contributed by atoms with van der Waals surface area (Å²) in [6, 6.07) is 9.17. The zero-order valence-electron chi connectivity index (χ0n) is 10.4. The molecule has 7 heteroatoms. The molecule has 0 aliphatic rings. The molecule has 1 atom stereocenters. The van der Waals surface area contributed by atoms with E-state index >= 15 is 0 Å². The van der Waals surface area contributed by atoms with Crippen LogP contribution in [0.3, 0.4) is 0 Å². The Hall–Kier alpha value is -1.60. The number of aliphatic hydroxyl groups excluding tert-OH is 1. The maximum absolute atomic E-state index is 12.8. The summed E-state index contributed by atoms with van der Waals surface area (Å²) in [5.74, 6) is 0. The predicted molar refractivity (Wildman–Crippen MR) is 69.3 cm³/mol. The largest absolute Gasteiger partial charge is 0.433 e. The minimum atomic E-state index is -4.57. The van der Waals surface area contributed by atoms with Gasteiger partial charge in [0, 0.05) is 0 Å². The van der Waals surface area contributed by atoms with Crippen LogP contribution in [0.15, 0.2) is 41.6 Å². The highest BCUT2D eigenvalue weighted by Crippen LogP contribution is 2.31. The summed E-state index contributed by atoms with van der Waals surface area (Å²) in [6.45, 7) is 0. The van der Waals surface area contributed by atoms with E-state index in [1.807, 2.05) is 0 Å². The Balaban J connectivity index is 2.46. The molecule has 106 valence electrons. The number of thioether (sulfide) groups is 1. The van der Waals surface area contributed by atoms with Gasteiger partial charge in [0.15, 0.2) is 5.16 Å². The van der Waals surface area contributed by atoms with Crippen LogP contribution in [0.4, 0.5) is 13.2 Å². The first kappa shape index (κ1) is 14.8. The van der Waals surface area contributed by atoms with Crippen LogP contribution in [0.1, 0.15) is 23.1 Å². The quantitative estimate of drug-likeness (QED) is 0.698. The Morgan fingerprint density at radius 1 is 1.15 bits per heavy atom. The second-order valence-electron chi connectivity index (χ2n) is 3.98. The number of halogens is 3. The second-order valence-corrected chi connectivity index (χ2v) is 4.75. The Morgan fingerprint density at radius 2 is 1.80 bits per heavy atom. The number of aromatic nitrogens is 2. The number of alkyl halides is 3. The first-order chi connectivity index (χ1) is 9.41. The van der Waals surface area contributed by atoms with Crippen molar-refractivity contribution in [2.24, 2.45) is 0 Å². The van der Waals surface area contributed by atoms with Crippen LogP contribution in [0, 0.1) is 0 Å². The number of rotatable bonds is 3. The average molecular weight is 300 g/mol. The molecule has 0 aliphatic carbocycles. The molecule has 3 nitrogen and oxygen atoms in total. The molecule has 0 radical (unpaired) electrons. The fourth-order valence-electron chi connectivity index (χ4n) is 1.63. The standard InChI is InChI=1S/C13H11F3N2OS/c1-20-12-17-9(7-10(18-12)13(14,15)16)11(19)8-5-3-2-4-6-8/h2-7,11,19H,1H3. The lowest BCUT2D eigenvalue weighted by Gasteiger charge is -2.14. The van der Waals surface area contributed by atoms with Gasteiger partial charge in [-0.1, -0.05) is 42.1 Å². The van der Waals surface area contributed by atoms with E-state index in [4.69, 9.17) is 0 Å². The van der Waals surface area contributed by atoms with E-state index in [-0.39, 0.29) is 10.9 Å². The van der Waals surface area contributed by atoms with Crippen LogP contribution in [-0.2, 0) is 6.18 Å². The summed E-state index contributed by atoms with van der Waals surface area (Å²) in [6.07, 6.45) is -4.21. The molecular formula is C13H11F3N2OS. The average Bonchev–Trinajstić information content (AvgIpc) is 2.46. The number of hydrogen-bond donors (Lipinski definition) is 1. The molecule has 0 saturated heterocycles. The fourth-order valence-corrected chi connectivity index (χ4v) is 2.01. The molecule has 0 fully saturated rings. The third-order valence-corrected chi connectivity index (χ3v) is 3.14. The molecule has 1 unspecified atom stereocenters. The summed E-state index contributed by atoms with van der Waals surface area (Å²) in [4.78, 5) is 7.36. The Morgan fingerprint density at radius 3 is 2.35 bits per heavy atom. The van der Waals surface area contributed by atoms with Gasteiger partial charge < -0.3 is 5.11 Å². The Kier molecular flexibility index (Phi) is 4.29. The van der Waals surface area contributed by atoms with Gasteiger partial charge in [-0.2, -0.15) is 13.2 Å². The molecule has 0 amide bonds. The van der Waals surface area contributed by atoms with Crippen LogP contribution in [0.25, 0.3) is 0 Å². The minimum Gasteiger partial charge on any atom is -0.382 e. The smallest absolute Gasteiger partial charge is 0.382 e. The van der Waals surface area contributed by atoms with Crippen molar-refractivity contribution in [1.29, 1.82) is 0 Å². The van der Waals surface area contributed by atoms with E-state index < -0.39 is 18.0 Å². The van der Waals surface area contributed by atoms with Crippen molar-refractivity contribution >= 4 is 11.8 Å². The Labute approximate surface area is 117 Å². The zero-order chi connectivity index (χ0) is 14.8. The summed E-state index contributed by atoms with van der Waals surface area (Å²) in [5.41, 5.74) is -0.643. The van der Waals surface area contributed by atoms with Crippen LogP contribution in [-0.4, -0.2) is 21.3 Å². The van der Waals surface area contributed by atoms with Crippen LogP contribution < -0.4 is 0 Å². The monoisotopic (exact) mass is 300 g/mol. The Bertz CT molecular complexity index is 590. The van der Waals surface area contributed by atoms with E-state index in [1.54, 1.807) is 36.6 Å². The van der Waals surface area contributed by atoms with E-state index in [9.17, 15) is 18.3 Å². The fraction of sp³-hybridized carbons (Fsp3) is 0.231. The number of aliphatic hydroxyl groups is 1. The van der Waals surface area contributed by atoms with Gasteiger partial charge >= 0.3 is 6.18 Å². The van der Waals surface area contributed by atoms with Crippen molar-refractivity contribution in [1.82, 2.24) is 9.97 Å². The lowest BCUT2D eigenvalue weighted by Crippen LogP contribution is -2.13. The maximum Gasteiger partial charge on any atom is 0.433 e. The first-order valence-electron chi connectivity index (χ1n) is 5.65. The summed E-state index contributed by atoms with van der Waals surface area (Å²) in [5, 5.41) is 10.1. The van der Waals surface area contributed by atoms with E-state index in [0.29, 0.717) is 5.56 Å².